The van der Waals surface area contributed by atoms with E-state index in [0.717, 1.165) is 43.4 Å². The van der Waals surface area contributed by atoms with E-state index in [9.17, 15) is 9.59 Å². The Morgan fingerprint density at radius 1 is 1.36 bits per heavy atom. The molecule has 3 aliphatic rings. The number of rotatable bonds is 4. The largest absolute Gasteiger partial charge is 0.480 e. The van der Waals surface area contributed by atoms with Gasteiger partial charge in [-0.15, -0.1) is 0 Å². The fraction of sp³-hybridized carbons (Fsp3) is 0.611. The summed E-state index contributed by atoms with van der Waals surface area (Å²) in [6.07, 6.45) is 4.99. The molecule has 2 fully saturated rings. The minimum absolute atomic E-state index is 0.0730. The van der Waals surface area contributed by atoms with E-state index in [1.165, 1.54) is 7.11 Å². The Bertz CT molecular complexity index is 702. The number of carbonyl (C=O) groups excluding carboxylic acids is 2. The molecule has 2 N–H and O–H groups in total. The normalized spacial score (nSPS) is 22.4. The molecule has 0 radical (unpaired) electrons. The van der Waals surface area contributed by atoms with E-state index in [-0.39, 0.29) is 17.9 Å². The second-order valence-electron chi connectivity index (χ2n) is 7.01. The second-order valence-corrected chi connectivity index (χ2v) is 7.01. The number of nitrogens with zero attached hydrogens (tertiary/aromatic N) is 2. The number of pyridine rings is 1. The van der Waals surface area contributed by atoms with E-state index < -0.39 is 6.04 Å². The molecule has 1 aromatic rings. The van der Waals surface area contributed by atoms with E-state index >= 15 is 0 Å². The molecule has 2 aliphatic carbocycles. The van der Waals surface area contributed by atoms with Gasteiger partial charge in [-0.3, -0.25) is 9.59 Å². The summed E-state index contributed by atoms with van der Waals surface area (Å²) in [5.74, 6) is 0.123. The third-order valence-corrected chi connectivity index (χ3v) is 5.17. The lowest BCUT2D eigenvalue weighted by atomic mass is 10.1. The van der Waals surface area contributed by atoms with E-state index in [0.29, 0.717) is 31.1 Å². The Balaban J connectivity index is 1.60. The Labute approximate surface area is 147 Å². The smallest absolute Gasteiger partial charge is 0.260 e. The zero-order chi connectivity index (χ0) is 17.4. The molecule has 1 saturated heterocycles. The monoisotopic (exact) mass is 344 g/mol. The topological polar surface area (TPSA) is 83.6 Å². The van der Waals surface area contributed by atoms with Crippen LogP contribution in [0.2, 0.25) is 0 Å². The summed E-state index contributed by atoms with van der Waals surface area (Å²) < 4.78 is 5.38. The zero-order valence-corrected chi connectivity index (χ0v) is 14.5. The van der Waals surface area contributed by atoms with Gasteiger partial charge in [-0.1, -0.05) is 0 Å². The summed E-state index contributed by atoms with van der Waals surface area (Å²) in [7, 11) is 1.54. The Hall–Kier alpha value is -2.15. The van der Waals surface area contributed by atoms with Crippen LogP contribution in [-0.4, -0.2) is 60.5 Å². The first-order valence-corrected chi connectivity index (χ1v) is 9.06. The highest BCUT2D eigenvalue weighted by Crippen LogP contribution is 2.28. The maximum absolute atomic E-state index is 13.2. The van der Waals surface area contributed by atoms with Gasteiger partial charge in [0, 0.05) is 31.4 Å². The lowest BCUT2D eigenvalue weighted by Gasteiger charge is -2.35. The fourth-order valence-electron chi connectivity index (χ4n) is 3.62. The molecule has 25 heavy (non-hydrogen) atoms. The molecule has 7 heteroatoms. The number of hydrogen-bond donors (Lipinski definition) is 2. The van der Waals surface area contributed by atoms with E-state index in [1.807, 2.05) is 6.07 Å². The highest BCUT2D eigenvalue weighted by Gasteiger charge is 2.36. The quantitative estimate of drug-likeness (QED) is 0.819. The molecule has 1 aliphatic heterocycles. The highest BCUT2D eigenvalue weighted by molar-refractivity contribution is 5.99. The minimum Gasteiger partial charge on any atom is -0.480 e. The van der Waals surface area contributed by atoms with Crippen LogP contribution in [0.3, 0.4) is 0 Å². The number of piperazine rings is 1. The molecule has 1 saturated carbocycles. The van der Waals surface area contributed by atoms with Crippen molar-refractivity contribution in [3.8, 4) is 5.88 Å². The zero-order valence-electron chi connectivity index (χ0n) is 14.5. The highest BCUT2D eigenvalue weighted by atomic mass is 16.5. The lowest BCUT2D eigenvalue weighted by molar-refractivity contribution is -0.126. The number of nitrogens with one attached hydrogen (secondary N) is 2. The molecule has 0 aromatic carbocycles. The van der Waals surface area contributed by atoms with Crippen molar-refractivity contribution in [3.63, 3.8) is 0 Å². The number of hydrogen-bond acceptors (Lipinski definition) is 5. The molecule has 7 nitrogen and oxygen atoms in total. The molecule has 0 bridgehead atoms. The average molecular weight is 344 g/mol. The molecule has 1 atom stereocenters. The van der Waals surface area contributed by atoms with Crippen LogP contribution in [0, 0.1) is 0 Å². The molecule has 1 aromatic heterocycles. The average Bonchev–Trinajstić information content (AvgIpc) is 3.33. The van der Waals surface area contributed by atoms with Crippen molar-refractivity contribution >= 4 is 11.8 Å². The predicted molar refractivity (Wildman–Crippen MR) is 91.7 cm³/mol. The maximum Gasteiger partial charge on any atom is 0.260 e. The first-order valence-electron chi connectivity index (χ1n) is 9.06. The van der Waals surface area contributed by atoms with Crippen LogP contribution in [-0.2, 0) is 17.6 Å². The molecule has 4 rings (SSSR count). The molecular formula is C18H24N4O3. The molecule has 2 amide bonds. The number of amides is 2. The van der Waals surface area contributed by atoms with Crippen molar-refractivity contribution in [2.75, 3.05) is 26.7 Å². The number of ether oxygens (including phenoxy) is 1. The number of fused-ring (bicyclic) bond motifs is 1. The second kappa shape index (κ2) is 6.63. The van der Waals surface area contributed by atoms with Crippen LogP contribution in [0.4, 0.5) is 0 Å². The minimum atomic E-state index is -0.486. The lowest BCUT2D eigenvalue weighted by Crippen LogP contribution is -2.59. The van der Waals surface area contributed by atoms with Crippen LogP contribution < -0.4 is 15.4 Å². The molecular weight excluding hydrogens is 320 g/mol. The van der Waals surface area contributed by atoms with Crippen molar-refractivity contribution in [3.05, 3.63) is 22.9 Å². The van der Waals surface area contributed by atoms with Crippen LogP contribution in [0.5, 0.6) is 5.88 Å². The molecule has 0 unspecified atom stereocenters. The van der Waals surface area contributed by atoms with Crippen molar-refractivity contribution in [2.24, 2.45) is 0 Å². The summed E-state index contributed by atoms with van der Waals surface area (Å²) in [5, 5.41) is 6.22. The maximum atomic E-state index is 13.2. The van der Waals surface area contributed by atoms with Crippen LogP contribution in [0.25, 0.3) is 0 Å². The Morgan fingerprint density at radius 2 is 2.20 bits per heavy atom. The van der Waals surface area contributed by atoms with E-state index in [1.54, 1.807) is 4.90 Å². The molecule has 134 valence electrons. The van der Waals surface area contributed by atoms with Gasteiger partial charge in [0.2, 0.25) is 11.8 Å². The van der Waals surface area contributed by atoms with Crippen molar-refractivity contribution in [1.29, 1.82) is 0 Å². The van der Waals surface area contributed by atoms with Gasteiger partial charge >= 0.3 is 0 Å². The summed E-state index contributed by atoms with van der Waals surface area (Å²) in [5.41, 5.74) is 2.62. The standard InChI is InChI=1S/C18H24N4O3/c1-25-17-13(9-11-3-2-4-14(11)21-17)18(24)22-8-7-19-10-15(22)16(23)20-12-5-6-12/h9,12,15,19H,2-8,10H2,1H3,(H,20,23)/t15-/m1/s1. The summed E-state index contributed by atoms with van der Waals surface area (Å²) in [6, 6.07) is 1.70. The van der Waals surface area contributed by atoms with E-state index in [2.05, 4.69) is 15.6 Å². The van der Waals surface area contributed by atoms with Gasteiger partial charge < -0.3 is 20.3 Å². The molecule has 0 spiro atoms. The first-order chi connectivity index (χ1) is 12.2. The van der Waals surface area contributed by atoms with Gasteiger partial charge in [0.25, 0.3) is 5.91 Å². The summed E-state index contributed by atoms with van der Waals surface area (Å²) >= 11 is 0. The van der Waals surface area contributed by atoms with Gasteiger partial charge in [0.1, 0.15) is 11.6 Å². The van der Waals surface area contributed by atoms with Gasteiger partial charge in [-0.2, -0.15) is 0 Å². The third-order valence-electron chi connectivity index (χ3n) is 5.17. The SMILES string of the molecule is COc1nc2c(cc1C(=O)N1CCNC[C@@H]1C(=O)NC1CC1)CCC2. The van der Waals surface area contributed by atoms with Crippen LogP contribution in [0.15, 0.2) is 6.07 Å². The number of aromatic nitrogens is 1. The molecule has 2 heterocycles. The number of aryl methyl sites for hydroxylation is 2. The fourth-order valence-corrected chi connectivity index (χ4v) is 3.62. The van der Waals surface area contributed by atoms with Crippen molar-refractivity contribution < 1.29 is 14.3 Å². The Kier molecular flexibility index (Phi) is 4.33. The van der Waals surface area contributed by atoms with Gasteiger partial charge in [-0.25, -0.2) is 4.98 Å². The predicted octanol–water partition coefficient (Wildman–Crippen LogP) is 0.272. The first kappa shape index (κ1) is 16.3. The third kappa shape index (κ3) is 3.20. The van der Waals surface area contributed by atoms with Crippen LogP contribution in [0.1, 0.15) is 40.9 Å². The van der Waals surface area contributed by atoms with Gasteiger partial charge in [-0.05, 0) is 43.7 Å². The Morgan fingerprint density at radius 3 is 2.96 bits per heavy atom. The van der Waals surface area contributed by atoms with Crippen molar-refractivity contribution in [2.45, 2.75) is 44.2 Å². The number of carbonyl (C=O) groups is 2. The van der Waals surface area contributed by atoms with Crippen molar-refractivity contribution in [1.82, 2.24) is 20.5 Å². The van der Waals surface area contributed by atoms with E-state index in [4.69, 9.17) is 4.74 Å². The number of methoxy groups -OCH3 is 1. The van der Waals surface area contributed by atoms with Crippen LogP contribution >= 0.6 is 0 Å². The summed E-state index contributed by atoms with van der Waals surface area (Å²) in [4.78, 5) is 31.9. The van der Waals surface area contributed by atoms with Gasteiger partial charge in [0.15, 0.2) is 0 Å². The summed E-state index contributed by atoms with van der Waals surface area (Å²) in [6.45, 7) is 1.66. The van der Waals surface area contributed by atoms with Gasteiger partial charge in [0.05, 0.1) is 7.11 Å².